The van der Waals surface area contributed by atoms with Crippen LogP contribution in [-0.4, -0.2) is 24.2 Å². The monoisotopic (exact) mass is 216 g/mol. The zero-order chi connectivity index (χ0) is 10.2. The minimum absolute atomic E-state index is 0.612. The van der Waals surface area contributed by atoms with Crippen molar-refractivity contribution in [3.05, 3.63) is 0 Å². The van der Waals surface area contributed by atoms with Crippen molar-refractivity contribution in [3.63, 3.8) is 0 Å². The Balaban J connectivity index is 1.66. The van der Waals surface area contributed by atoms with Gasteiger partial charge < -0.3 is 4.74 Å². The molecule has 1 rings (SSSR count). The van der Waals surface area contributed by atoms with Crippen LogP contribution in [0.25, 0.3) is 0 Å². The highest BCUT2D eigenvalue weighted by Gasteiger charge is 2.21. The van der Waals surface area contributed by atoms with Crippen LogP contribution in [-0.2, 0) is 4.74 Å². The van der Waals surface area contributed by atoms with Crippen molar-refractivity contribution < 1.29 is 4.74 Å². The quantitative estimate of drug-likeness (QED) is 0.430. The molecule has 1 aliphatic rings. The third-order valence-electron chi connectivity index (χ3n) is 2.53. The van der Waals surface area contributed by atoms with Crippen LogP contribution in [0.15, 0.2) is 0 Å². The van der Waals surface area contributed by atoms with Gasteiger partial charge in [-0.3, -0.25) is 0 Å². The van der Waals surface area contributed by atoms with Gasteiger partial charge in [-0.1, -0.05) is 39.5 Å². The van der Waals surface area contributed by atoms with Crippen LogP contribution >= 0.6 is 11.8 Å². The first kappa shape index (κ1) is 12.4. The van der Waals surface area contributed by atoms with E-state index in [9.17, 15) is 0 Å². The summed E-state index contributed by atoms with van der Waals surface area (Å²) in [5.41, 5.74) is 0. The van der Waals surface area contributed by atoms with Crippen molar-refractivity contribution in [2.24, 2.45) is 5.92 Å². The van der Waals surface area contributed by atoms with Gasteiger partial charge >= 0.3 is 0 Å². The van der Waals surface area contributed by atoms with E-state index in [0.717, 1.165) is 12.5 Å². The predicted molar refractivity (Wildman–Crippen MR) is 65.0 cm³/mol. The molecule has 1 saturated heterocycles. The molecule has 0 aromatic rings. The van der Waals surface area contributed by atoms with E-state index in [2.05, 4.69) is 25.6 Å². The zero-order valence-electron chi connectivity index (χ0n) is 9.63. The number of hydrogen-bond donors (Lipinski definition) is 0. The highest BCUT2D eigenvalue weighted by atomic mass is 32.2. The summed E-state index contributed by atoms with van der Waals surface area (Å²) in [6, 6.07) is 0. The molecule has 1 heterocycles. The predicted octanol–water partition coefficient (Wildman–Crippen LogP) is 3.72. The highest BCUT2D eigenvalue weighted by Crippen LogP contribution is 2.17. The lowest BCUT2D eigenvalue weighted by atomic mass is 10.0. The van der Waals surface area contributed by atoms with E-state index < -0.39 is 0 Å². The molecule has 1 fully saturated rings. The molecule has 0 spiro atoms. The molecular formula is C12H24OS. The van der Waals surface area contributed by atoms with Gasteiger partial charge in [0.05, 0.1) is 12.7 Å². The highest BCUT2D eigenvalue weighted by molar-refractivity contribution is 7.99. The van der Waals surface area contributed by atoms with Crippen LogP contribution in [0.5, 0.6) is 0 Å². The molecule has 0 N–H and O–H groups in total. The standard InChI is InChI=1S/C12H24OS/c1-11(2)7-5-3-4-6-8-14-10-12-9-13-12/h11-12H,3-10H2,1-2H3. The van der Waals surface area contributed by atoms with Crippen LogP contribution in [0.1, 0.15) is 46.0 Å². The molecule has 1 aliphatic heterocycles. The molecule has 84 valence electrons. The smallest absolute Gasteiger partial charge is 0.0900 e. The first-order chi connectivity index (χ1) is 6.79. The van der Waals surface area contributed by atoms with Crippen molar-refractivity contribution in [2.45, 2.75) is 52.1 Å². The van der Waals surface area contributed by atoms with Gasteiger partial charge in [-0.15, -0.1) is 0 Å². The Labute approximate surface area is 93.0 Å². The zero-order valence-corrected chi connectivity index (χ0v) is 10.4. The molecule has 14 heavy (non-hydrogen) atoms. The largest absolute Gasteiger partial charge is 0.372 e. The van der Waals surface area contributed by atoms with Gasteiger partial charge in [-0.05, 0) is 18.1 Å². The Morgan fingerprint density at radius 1 is 1.21 bits per heavy atom. The first-order valence-electron chi connectivity index (χ1n) is 5.98. The lowest BCUT2D eigenvalue weighted by Crippen LogP contribution is -1.91. The van der Waals surface area contributed by atoms with Gasteiger partial charge in [0.25, 0.3) is 0 Å². The Hall–Kier alpha value is 0.310. The Morgan fingerprint density at radius 2 is 1.93 bits per heavy atom. The first-order valence-corrected chi connectivity index (χ1v) is 7.14. The van der Waals surface area contributed by atoms with E-state index in [0.29, 0.717) is 6.10 Å². The summed E-state index contributed by atoms with van der Waals surface area (Å²) in [7, 11) is 0. The van der Waals surface area contributed by atoms with E-state index in [-0.39, 0.29) is 0 Å². The number of epoxide rings is 1. The molecule has 0 aromatic carbocycles. The van der Waals surface area contributed by atoms with Crippen molar-refractivity contribution >= 4 is 11.8 Å². The van der Waals surface area contributed by atoms with Crippen molar-refractivity contribution in [1.29, 1.82) is 0 Å². The minimum Gasteiger partial charge on any atom is -0.372 e. The molecular weight excluding hydrogens is 192 g/mol. The number of ether oxygens (including phenoxy) is 1. The fraction of sp³-hybridized carbons (Fsp3) is 1.00. The molecule has 2 heteroatoms. The molecule has 0 radical (unpaired) electrons. The summed E-state index contributed by atoms with van der Waals surface area (Å²) >= 11 is 2.06. The summed E-state index contributed by atoms with van der Waals surface area (Å²) in [5, 5.41) is 0. The maximum atomic E-state index is 5.16. The lowest BCUT2D eigenvalue weighted by molar-refractivity contribution is 0.426. The Morgan fingerprint density at radius 3 is 2.57 bits per heavy atom. The second-order valence-electron chi connectivity index (χ2n) is 4.63. The summed E-state index contributed by atoms with van der Waals surface area (Å²) < 4.78 is 5.16. The van der Waals surface area contributed by atoms with Crippen molar-refractivity contribution in [3.8, 4) is 0 Å². The van der Waals surface area contributed by atoms with Gasteiger partial charge in [0.2, 0.25) is 0 Å². The summed E-state index contributed by atoms with van der Waals surface area (Å²) in [5.74, 6) is 3.45. The van der Waals surface area contributed by atoms with E-state index in [1.54, 1.807) is 0 Å². The molecule has 0 bridgehead atoms. The van der Waals surface area contributed by atoms with Crippen molar-refractivity contribution in [2.75, 3.05) is 18.1 Å². The molecule has 1 nitrogen and oxygen atoms in total. The fourth-order valence-corrected chi connectivity index (χ4v) is 2.52. The third kappa shape index (κ3) is 7.69. The summed E-state index contributed by atoms with van der Waals surface area (Å²) in [4.78, 5) is 0. The SMILES string of the molecule is CC(C)CCCCCCSCC1CO1. The molecule has 0 aromatic heterocycles. The van der Waals surface area contributed by atoms with Crippen LogP contribution in [0.3, 0.4) is 0 Å². The minimum atomic E-state index is 0.612. The number of hydrogen-bond acceptors (Lipinski definition) is 2. The van der Waals surface area contributed by atoms with E-state index in [1.807, 2.05) is 0 Å². The van der Waals surface area contributed by atoms with E-state index in [1.165, 1.54) is 43.6 Å². The maximum Gasteiger partial charge on any atom is 0.0900 e. The van der Waals surface area contributed by atoms with Crippen LogP contribution in [0, 0.1) is 5.92 Å². The number of thioether (sulfide) groups is 1. The van der Waals surface area contributed by atoms with Gasteiger partial charge in [-0.25, -0.2) is 0 Å². The van der Waals surface area contributed by atoms with E-state index in [4.69, 9.17) is 4.74 Å². The molecule has 1 unspecified atom stereocenters. The number of rotatable bonds is 9. The van der Waals surface area contributed by atoms with Crippen LogP contribution in [0.2, 0.25) is 0 Å². The fourth-order valence-electron chi connectivity index (χ4n) is 1.49. The molecule has 1 atom stereocenters. The van der Waals surface area contributed by atoms with Crippen LogP contribution in [0.4, 0.5) is 0 Å². The maximum absolute atomic E-state index is 5.16. The van der Waals surface area contributed by atoms with Crippen molar-refractivity contribution in [1.82, 2.24) is 0 Å². The van der Waals surface area contributed by atoms with Gasteiger partial charge in [0.15, 0.2) is 0 Å². The molecule has 0 saturated carbocycles. The average molecular weight is 216 g/mol. The van der Waals surface area contributed by atoms with Gasteiger partial charge in [0, 0.05) is 5.75 Å². The average Bonchev–Trinajstić information content (AvgIpc) is 2.92. The Bertz CT molecular complexity index is 124. The molecule has 0 amide bonds. The van der Waals surface area contributed by atoms with Crippen LogP contribution < -0.4 is 0 Å². The molecule has 0 aliphatic carbocycles. The Kier molecular flexibility index (Phi) is 6.70. The van der Waals surface area contributed by atoms with Gasteiger partial charge in [-0.2, -0.15) is 11.8 Å². The van der Waals surface area contributed by atoms with E-state index >= 15 is 0 Å². The van der Waals surface area contributed by atoms with Gasteiger partial charge in [0.1, 0.15) is 0 Å². The summed E-state index contributed by atoms with van der Waals surface area (Å²) in [6.45, 7) is 5.64. The summed E-state index contributed by atoms with van der Waals surface area (Å²) in [6.07, 6.45) is 7.69. The normalized spacial score (nSPS) is 20.4. The number of unbranched alkanes of at least 4 members (excludes halogenated alkanes) is 3. The second kappa shape index (κ2) is 7.58. The topological polar surface area (TPSA) is 12.5 Å². The third-order valence-corrected chi connectivity index (χ3v) is 3.71. The lowest BCUT2D eigenvalue weighted by Gasteiger charge is -2.03. The second-order valence-corrected chi connectivity index (χ2v) is 5.78.